The zero-order valence-electron chi connectivity index (χ0n) is 12.4. The van der Waals surface area contributed by atoms with Gasteiger partial charge in [-0.3, -0.25) is 4.90 Å². The molecule has 0 aliphatic carbocycles. The van der Waals surface area contributed by atoms with Crippen LogP contribution in [0.2, 0.25) is 0 Å². The number of morpholine rings is 1. The summed E-state index contributed by atoms with van der Waals surface area (Å²) < 4.78 is 5.76. The molecule has 3 heterocycles. The molecular formula is C18H19N3O. The molecule has 0 saturated carbocycles. The molecule has 2 aliphatic heterocycles. The molecule has 112 valence electrons. The second-order valence-electron chi connectivity index (χ2n) is 5.88. The summed E-state index contributed by atoms with van der Waals surface area (Å²) in [6.07, 6.45) is 6.86. The van der Waals surface area contributed by atoms with Crippen LogP contribution >= 0.6 is 0 Å². The van der Waals surface area contributed by atoms with Crippen LogP contribution in [-0.2, 0) is 11.3 Å². The highest BCUT2D eigenvalue weighted by Gasteiger charge is 2.35. The maximum absolute atomic E-state index is 5.76. The molecular weight excluding hydrogens is 274 g/mol. The minimum atomic E-state index is 0.312. The molecule has 4 nitrogen and oxygen atoms in total. The average Bonchev–Trinajstić information content (AvgIpc) is 2.56. The normalized spacial score (nSPS) is 24.8. The highest BCUT2D eigenvalue weighted by atomic mass is 16.5. The third kappa shape index (κ3) is 2.67. The van der Waals surface area contributed by atoms with Crippen LogP contribution in [0.4, 0.5) is 0 Å². The van der Waals surface area contributed by atoms with Gasteiger partial charge in [-0.1, -0.05) is 36.4 Å². The average molecular weight is 293 g/mol. The standard InChI is InChI=1S/C18H19N3O/c1-2-5-14(6-3-1)11-21-16-9-15(10-17(21)13-22-12-16)18-19-7-4-8-20-18/h1-9,16-17H,10-13H2. The van der Waals surface area contributed by atoms with Gasteiger partial charge < -0.3 is 4.74 Å². The molecule has 1 saturated heterocycles. The third-order valence-electron chi connectivity index (χ3n) is 4.40. The maximum atomic E-state index is 5.76. The van der Waals surface area contributed by atoms with Crippen LogP contribution in [-0.4, -0.2) is 40.2 Å². The van der Waals surface area contributed by atoms with Gasteiger partial charge in [0.05, 0.1) is 19.3 Å². The Kier molecular flexibility index (Phi) is 3.70. The molecule has 2 aliphatic rings. The van der Waals surface area contributed by atoms with Crippen molar-refractivity contribution >= 4 is 5.57 Å². The number of ether oxygens (including phenoxy) is 1. The molecule has 2 unspecified atom stereocenters. The van der Waals surface area contributed by atoms with Gasteiger partial charge in [0.2, 0.25) is 0 Å². The molecule has 0 spiro atoms. The Hall–Kier alpha value is -2.04. The summed E-state index contributed by atoms with van der Waals surface area (Å²) in [5.41, 5.74) is 2.61. The van der Waals surface area contributed by atoms with Crippen LogP contribution in [0.25, 0.3) is 5.57 Å². The predicted octanol–water partition coefficient (Wildman–Crippen LogP) is 2.53. The molecule has 4 rings (SSSR count). The number of rotatable bonds is 3. The van der Waals surface area contributed by atoms with Crippen molar-refractivity contribution in [2.75, 3.05) is 13.2 Å². The van der Waals surface area contributed by atoms with E-state index in [4.69, 9.17) is 4.74 Å². The number of nitrogens with zero attached hydrogens (tertiary/aromatic N) is 3. The van der Waals surface area contributed by atoms with Gasteiger partial charge in [0, 0.05) is 25.0 Å². The van der Waals surface area contributed by atoms with Gasteiger partial charge in [-0.05, 0) is 23.6 Å². The number of benzene rings is 1. The minimum absolute atomic E-state index is 0.312. The van der Waals surface area contributed by atoms with Gasteiger partial charge >= 0.3 is 0 Å². The Labute approximate surface area is 130 Å². The Balaban J connectivity index is 1.60. The van der Waals surface area contributed by atoms with E-state index >= 15 is 0 Å². The zero-order valence-corrected chi connectivity index (χ0v) is 12.4. The van der Waals surface area contributed by atoms with Crippen molar-refractivity contribution in [3.8, 4) is 0 Å². The highest BCUT2D eigenvalue weighted by molar-refractivity contribution is 5.62. The Bertz CT molecular complexity index is 657. The van der Waals surface area contributed by atoms with E-state index in [0.29, 0.717) is 12.1 Å². The van der Waals surface area contributed by atoms with Crippen LogP contribution in [0.3, 0.4) is 0 Å². The van der Waals surface area contributed by atoms with E-state index in [1.165, 1.54) is 11.1 Å². The summed E-state index contributed by atoms with van der Waals surface area (Å²) in [7, 11) is 0. The summed E-state index contributed by atoms with van der Waals surface area (Å²) in [5, 5.41) is 0. The number of hydrogen-bond acceptors (Lipinski definition) is 4. The highest BCUT2D eigenvalue weighted by Crippen LogP contribution is 2.32. The van der Waals surface area contributed by atoms with Crippen LogP contribution in [0.15, 0.2) is 54.9 Å². The van der Waals surface area contributed by atoms with E-state index < -0.39 is 0 Å². The summed E-state index contributed by atoms with van der Waals surface area (Å²) >= 11 is 0. The zero-order chi connectivity index (χ0) is 14.8. The summed E-state index contributed by atoms with van der Waals surface area (Å²) in [5.74, 6) is 0.860. The van der Waals surface area contributed by atoms with Gasteiger partial charge in [0.1, 0.15) is 0 Å². The van der Waals surface area contributed by atoms with Crippen LogP contribution < -0.4 is 0 Å². The van der Waals surface area contributed by atoms with Gasteiger partial charge in [-0.2, -0.15) is 0 Å². The third-order valence-corrected chi connectivity index (χ3v) is 4.40. The number of fused-ring (bicyclic) bond motifs is 2. The fraction of sp³-hybridized carbons (Fsp3) is 0.333. The topological polar surface area (TPSA) is 38.3 Å². The second-order valence-corrected chi connectivity index (χ2v) is 5.88. The summed E-state index contributed by atoms with van der Waals surface area (Å²) in [6.45, 7) is 2.51. The molecule has 1 aromatic carbocycles. The van der Waals surface area contributed by atoms with Crippen molar-refractivity contribution in [2.45, 2.75) is 25.0 Å². The van der Waals surface area contributed by atoms with E-state index in [2.05, 4.69) is 51.3 Å². The molecule has 1 aromatic heterocycles. The first-order chi connectivity index (χ1) is 10.9. The predicted molar refractivity (Wildman–Crippen MR) is 85.0 cm³/mol. The van der Waals surface area contributed by atoms with Crippen molar-refractivity contribution in [1.82, 2.24) is 14.9 Å². The van der Waals surface area contributed by atoms with E-state index in [1.807, 2.05) is 18.5 Å². The fourth-order valence-electron chi connectivity index (χ4n) is 3.33. The van der Waals surface area contributed by atoms with E-state index in [1.54, 1.807) is 0 Å². The molecule has 4 heteroatoms. The van der Waals surface area contributed by atoms with Crippen LogP contribution in [0, 0.1) is 0 Å². The largest absolute Gasteiger partial charge is 0.378 e. The lowest BCUT2D eigenvalue weighted by atomic mass is 9.93. The molecule has 2 aromatic rings. The van der Waals surface area contributed by atoms with Crippen molar-refractivity contribution in [2.24, 2.45) is 0 Å². The van der Waals surface area contributed by atoms with Crippen molar-refractivity contribution < 1.29 is 4.74 Å². The van der Waals surface area contributed by atoms with Crippen molar-refractivity contribution in [1.29, 1.82) is 0 Å². The van der Waals surface area contributed by atoms with Crippen LogP contribution in [0.1, 0.15) is 17.8 Å². The van der Waals surface area contributed by atoms with E-state index in [9.17, 15) is 0 Å². The monoisotopic (exact) mass is 293 g/mol. The summed E-state index contributed by atoms with van der Waals surface area (Å²) in [6, 6.07) is 13.2. The Morgan fingerprint density at radius 3 is 2.64 bits per heavy atom. The van der Waals surface area contributed by atoms with Gasteiger partial charge in [-0.25, -0.2) is 9.97 Å². The van der Waals surface area contributed by atoms with Crippen molar-refractivity contribution in [3.63, 3.8) is 0 Å². The van der Waals surface area contributed by atoms with Gasteiger partial charge in [-0.15, -0.1) is 0 Å². The van der Waals surface area contributed by atoms with Crippen LogP contribution in [0.5, 0.6) is 0 Å². The quantitative estimate of drug-likeness (QED) is 0.871. The smallest absolute Gasteiger partial charge is 0.154 e. The fourth-order valence-corrected chi connectivity index (χ4v) is 3.33. The molecule has 22 heavy (non-hydrogen) atoms. The Morgan fingerprint density at radius 2 is 1.86 bits per heavy atom. The lowest BCUT2D eigenvalue weighted by Crippen LogP contribution is -2.53. The van der Waals surface area contributed by atoms with E-state index in [0.717, 1.165) is 32.0 Å². The maximum Gasteiger partial charge on any atom is 0.154 e. The Morgan fingerprint density at radius 1 is 1.05 bits per heavy atom. The molecule has 0 amide bonds. The molecule has 2 bridgehead atoms. The lowest BCUT2D eigenvalue weighted by molar-refractivity contribution is -0.0403. The lowest BCUT2D eigenvalue weighted by Gasteiger charge is -2.44. The summed E-state index contributed by atoms with van der Waals surface area (Å²) in [4.78, 5) is 11.3. The van der Waals surface area contributed by atoms with Crippen molar-refractivity contribution in [3.05, 3.63) is 66.3 Å². The molecule has 0 radical (unpaired) electrons. The van der Waals surface area contributed by atoms with E-state index in [-0.39, 0.29) is 0 Å². The number of aromatic nitrogens is 2. The first kappa shape index (κ1) is 13.6. The van der Waals surface area contributed by atoms with Gasteiger partial charge in [0.25, 0.3) is 0 Å². The second kappa shape index (κ2) is 5.99. The molecule has 2 atom stereocenters. The molecule has 0 N–H and O–H groups in total. The molecule has 1 fully saturated rings. The SMILES string of the molecule is C1=C(c2ncccn2)CC2COCC1N2Cc1ccccc1. The number of hydrogen-bond donors (Lipinski definition) is 0. The van der Waals surface area contributed by atoms with Gasteiger partial charge in [0.15, 0.2) is 5.82 Å². The minimum Gasteiger partial charge on any atom is -0.378 e. The first-order valence-corrected chi connectivity index (χ1v) is 7.75. The first-order valence-electron chi connectivity index (χ1n) is 7.75.